The van der Waals surface area contributed by atoms with Crippen LogP contribution in [0.4, 0.5) is 0 Å². The minimum atomic E-state index is -0.813. The number of fused-ring (bicyclic) bond motifs is 2. The number of aromatic amines is 1. The molecule has 3 aromatic rings. The number of carbonyl (C=O) groups excluding carboxylic acids is 3. The summed E-state index contributed by atoms with van der Waals surface area (Å²) < 4.78 is 18.7. The predicted molar refractivity (Wildman–Crippen MR) is 126 cm³/mol. The van der Waals surface area contributed by atoms with E-state index in [9.17, 15) is 19.2 Å². The smallest absolute Gasteiger partial charge is 0.356 e. The van der Waals surface area contributed by atoms with Crippen molar-refractivity contribution in [1.82, 2.24) is 19.3 Å². The Kier molecular flexibility index (Phi) is 8.13. The van der Waals surface area contributed by atoms with E-state index in [1.165, 1.54) is 0 Å². The predicted octanol–water partition coefficient (Wildman–Crippen LogP) is 2.12. The summed E-state index contributed by atoms with van der Waals surface area (Å²) in [5.41, 5.74) is 2.68. The molecule has 0 aromatic carbocycles. The third-order valence-corrected chi connectivity index (χ3v) is 5.40. The van der Waals surface area contributed by atoms with E-state index in [0.717, 1.165) is 11.1 Å². The number of rotatable bonds is 6. The van der Waals surface area contributed by atoms with Crippen molar-refractivity contribution in [3.8, 4) is 0 Å². The Morgan fingerprint density at radius 3 is 2.31 bits per heavy atom. The highest BCUT2D eigenvalue weighted by Gasteiger charge is 2.39. The van der Waals surface area contributed by atoms with Gasteiger partial charge in [0.1, 0.15) is 16.9 Å². The van der Waals surface area contributed by atoms with Crippen LogP contribution in [-0.4, -0.2) is 57.7 Å². The average molecular weight is 487 g/mol. The maximum atomic E-state index is 12.0. The Morgan fingerprint density at radius 1 is 0.971 bits per heavy atom. The first kappa shape index (κ1) is 25.8. The Labute approximate surface area is 202 Å². The van der Waals surface area contributed by atoms with Crippen molar-refractivity contribution in [2.45, 2.75) is 46.9 Å². The molecule has 0 saturated heterocycles. The topological polar surface area (TPSA) is 133 Å². The summed E-state index contributed by atoms with van der Waals surface area (Å²) in [7, 11) is 0. The lowest BCUT2D eigenvalue weighted by atomic mass is 10.1. The van der Waals surface area contributed by atoms with Gasteiger partial charge in [-0.15, -0.1) is 0 Å². The Morgan fingerprint density at radius 2 is 1.66 bits per heavy atom. The molecule has 188 valence electrons. The molecule has 1 aliphatic heterocycles. The van der Waals surface area contributed by atoms with Gasteiger partial charge >= 0.3 is 11.9 Å². The fraction of sp³-hybridized carbons (Fsp3) is 0.417. The first-order valence-electron chi connectivity index (χ1n) is 11.4. The SMILES string of the molecule is CCOC(=O)C1NC(=O)c2c(C)ccn2C1OCC.CCOC(=O)c1cn2ccc(C)c2c(=O)[nH]1. The number of H-pyrrole nitrogens is 1. The van der Waals surface area contributed by atoms with Crippen molar-refractivity contribution in [1.29, 1.82) is 0 Å². The zero-order chi connectivity index (χ0) is 25.7. The van der Waals surface area contributed by atoms with Gasteiger partial charge in [-0.2, -0.15) is 0 Å². The van der Waals surface area contributed by atoms with E-state index >= 15 is 0 Å². The van der Waals surface area contributed by atoms with Gasteiger partial charge in [0.25, 0.3) is 11.5 Å². The highest BCUT2D eigenvalue weighted by atomic mass is 16.5. The molecule has 1 amide bonds. The normalized spacial score (nSPS) is 16.7. The second-order valence-electron chi connectivity index (χ2n) is 7.78. The van der Waals surface area contributed by atoms with Crippen molar-refractivity contribution < 1.29 is 28.6 Å². The molecule has 3 aromatic heterocycles. The number of aryl methyl sites for hydroxylation is 2. The van der Waals surface area contributed by atoms with Crippen molar-refractivity contribution in [2.24, 2.45) is 0 Å². The van der Waals surface area contributed by atoms with Crippen LogP contribution in [0.25, 0.3) is 5.52 Å². The van der Waals surface area contributed by atoms with Crippen LogP contribution in [0.3, 0.4) is 0 Å². The third kappa shape index (κ3) is 5.29. The summed E-state index contributed by atoms with van der Waals surface area (Å²) in [6, 6.07) is 2.83. The summed E-state index contributed by atoms with van der Waals surface area (Å²) in [6.45, 7) is 9.96. The fourth-order valence-corrected chi connectivity index (χ4v) is 3.87. The van der Waals surface area contributed by atoms with Crippen LogP contribution < -0.4 is 10.9 Å². The van der Waals surface area contributed by atoms with Gasteiger partial charge in [0.05, 0.1) is 13.2 Å². The molecule has 2 unspecified atom stereocenters. The summed E-state index contributed by atoms with van der Waals surface area (Å²) in [6.07, 6.45) is 4.49. The molecule has 4 rings (SSSR count). The van der Waals surface area contributed by atoms with Crippen LogP contribution in [-0.2, 0) is 19.0 Å². The lowest BCUT2D eigenvalue weighted by Crippen LogP contribution is -2.53. The van der Waals surface area contributed by atoms with Crippen LogP contribution in [0.15, 0.2) is 35.5 Å². The number of esters is 2. The first-order valence-corrected chi connectivity index (χ1v) is 11.4. The number of aromatic nitrogens is 3. The van der Waals surface area contributed by atoms with Crippen LogP contribution >= 0.6 is 0 Å². The molecule has 0 fully saturated rings. The Balaban J connectivity index is 0.000000198. The lowest BCUT2D eigenvalue weighted by Gasteiger charge is -2.32. The molecule has 0 aliphatic carbocycles. The molecule has 1 aliphatic rings. The highest BCUT2D eigenvalue weighted by molar-refractivity contribution is 5.98. The number of hydrogen-bond donors (Lipinski definition) is 2. The van der Waals surface area contributed by atoms with E-state index in [-0.39, 0.29) is 30.4 Å². The van der Waals surface area contributed by atoms with Gasteiger partial charge in [-0.3, -0.25) is 9.59 Å². The third-order valence-electron chi connectivity index (χ3n) is 5.40. The van der Waals surface area contributed by atoms with E-state index < -0.39 is 24.2 Å². The van der Waals surface area contributed by atoms with E-state index in [2.05, 4.69) is 10.3 Å². The van der Waals surface area contributed by atoms with Gasteiger partial charge in [-0.05, 0) is 57.9 Å². The van der Waals surface area contributed by atoms with E-state index in [1.54, 1.807) is 41.4 Å². The quantitative estimate of drug-likeness (QED) is 0.510. The maximum absolute atomic E-state index is 12.0. The number of ether oxygens (including phenoxy) is 3. The summed E-state index contributed by atoms with van der Waals surface area (Å²) in [4.78, 5) is 49.6. The molecule has 0 radical (unpaired) electrons. The van der Waals surface area contributed by atoms with Crippen LogP contribution in [0.5, 0.6) is 0 Å². The zero-order valence-corrected chi connectivity index (χ0v) is 20.4. The zero-order valence-electron chi connectivity index (χ0n) is 20.4. The van der Waals surface area contributed by atoms with Gasteiger partial charge in [-0.1, -0.05) is 0 Å². The minimum Gasteiger partial charge on any atom is -0.464 e. The number of nitrogens with zero attached hydrogens (tertiary/aromatic N) is 2. The molecule has 4 heterocycles. The summed E-state index contributed by atoms with van der Waals surface area (Å²) in [5, 5.41) is 2.66. The molecule has 0 spiro atoms. The highest BCUT2D eigenvalue weighted by Crippen LogP contribution is 2.25. The molecule has 2 N–H and O–H groups in total. The molecule has 0 bridgehead atoms. The molecule has 11 nitrogen and oxygen atoms in total. The largest absolute Gasteiger partial charge is 0.464 e. The number of carbonyl (C=O) groups is 3. The van der Waals surface area contributed by atoms with E-state index in [1.807, 2.05) is 32.9 Å². The van der Waals surface area contributed by atoms with Crippen LogP contribution in [0, 0.1) is 13.8 Å². The number of amides is 1. The van der Waals surface area contributed by atoms with Gasteiger partial charge < -0.3 is 33.5 Å². The van der Waals surface area contributed by atoms with Gasteiger partial charge in [0.2, 0.25) is 0 Å². The monoisotopic (exact) mass is 486 g/mol. The second kappa shape index (κ2) is 11.0. The molecular weight excluding hydrogens is 456 g/mol. The fourth-order valence-electron chi connectivity index (χ4n) is 3.87. The molecule has 2 atom stereocenters. The van der Waals surface area contributed by atoms with Crippen molar-refractivity contribution in [3.05, 3.63) is 63.6 Å². The molecule has 11 heteroatoms. The Bertz CT molecular complexity index is 1290. The molecule has 35 heavy (non-hydrogen) atoms. The molecular formula is C24H30N4O7. The number of hydrogen-bond acceptors (Lipinski definition) is 7. The van der Waals surface area contributed by atoms with Gasteiger partial charge in [-0.25, -0.2) is 9.59 Å². The van der Waals surface area contributed by atoms with Crippen molar-refractivity contribution >= 4 is 23.4 Å². The van der Waals surface area contributed by atoms with E-state index in [4.69, 9.17) is 14.2 Å². The van der Waals surface area contributed by atoms with Gasteiger partial charge in [0.15, 0.2) is 12.3 Å². The van der Waals surface area contributed by atoms with Crippen LogP contribution in [0.2, 0.25) is 0 Å². The average Bonchev–Trinajstić information content (AvgIpc) is 3.40. The van der Waals surface area contributed by atoms with Gasteiger partial charge in [0, 0.05) is 25.2 Å². The summed E-state index contributed by atoms with van der Waals surface area (Å²) >= 11 is 0. The van der Waals surface area contributed by atoms with Crippen molar-refractivity contribution in [2.75, 3.05) is 19.8 Å². The number of nitrogens with one attached hydrogen (secondary N) is 2. The Hall–Kier alpha value is -3.86. The minimum absolute atomic E-state index is 0.162. The first-order chi connectivity index (χ1) is 16.7. The van der Waals surface area contributed by atoms with E-state index in [0.29, 0.717) is 17.8 Å². The maximum Gasteiger partial charge on any atom is 0.356 e. The second-order valence-corrected chi connectivity index (χ2v) is 7.78. The summed E-state index contributed by atoms with van der Waals surface area (Å²) in [5.74, 6) is -1.28. The standard InChI is InChI=1S/C13H18N2O4.C11H12N2O3/c1-4-18-12-9(13(17)19-5-2)14-11(16)10-8(3)6-7-15(10)12;1-3-16-11(15)8-6-13-5-4-7(2)9(13)10(14)12-8/h6-7,9,12H,4-5H2,1-3H3,(H,14,16);4-6H,3H2,1-2H3,(H,12,14). The van der Waals surface area contributed by atoms with Crippen molar-refractivity contribution in [3.63, 3.8) is 0 Å². The van der Waals surface area contributed by atoms with Crippen LogP contribution in [0.1, 0.15) is 59.1 Å². The lowest BCUT2D eigenvalue weighted by molar-refractivity contribution is -0.153. The molecule has 0 saturated carbocycles.